The fourth-order valence-corrected chi connectivity index (χ4v) is 6.24. The molecule has 2 aromatic heterocycles. The molecule has 0 fully saturated rings. The summed E-state index contributed by atoms with van der Waals surface area (Å²) in [6.45, 7) is 7.36. The molecule has 5 aromatic carbocycles. The largest absolute Gasteiger partial charge is 0.361 e. The first-order valence-electron chi connectivity index (χ1n) is 14.2. The van der Waals surface area contributed by atoms with Gasteiger partial charge in [-0.15, -0.1) is 4.98 Å². The van der Waals surface area contributed by atoms with Gasteiger partial charge in [0, 0.05) is 21.9 Å². The third-order valence-electron chi connectivity index (χ3n) is 8.18. The van der Waals surface area contributed by atoms with E-state index in [0.29, 0.717) is 34.0 Å². The van der Waals surface area contributed by atoms with Gasteiger partial charge >= 0.3 is 0 Å². The molecule has 0 spiro atoms. The van der Waals surface area contributed by atoms with Crippen LogP contribution in [0.2, 0.25) is 0 Å². The molecular weight excluding hydrogens is 544 g/mol. The van der Waals surface area contributed by atoms with Crippen LogP contribution in [-0.2, 0) is 0 Å². The average molecular weight is 567 g/mol. The summed E-state index contributed by atoms with van der Waals surface area (Å²) in [6, 6.07) is 42.3. The zero-order valence-electron chi connectivity index (χ0n) is 23.3. The molecule has 1 aliphatic rings. The summed E-state index contributed by atoms with van der Waals surface area (Å²) < 4.78 is 2.06. The molecule has 0 radical (unpaired) electrons. The molecule has 0 atom stereocenters. The number of hydrogen-bond acceptors (Lipinski definition) is 3. The lowest BCUT2D eigenvalue weighted by molar-refractivity contribution is 0.0926. The van der Waals surface area contributed by atoms with E-state index in [1.807, 2.05) is 109 Å². The predicted molar refractivity (Wildman–Crippen MR) is 173 cm³/mol. The van der Waals surface area contributed by atoms with Crippen LogP contribution in [0, 0.1) is 6.57 Å². The van der Waals surface area contributed by atoms with Crippen LogP contribution in [-0.4, -0.2) is 21.4 Å². The third-order valence-corrected chi connectivity index (χ3v) is 8.18. The Hall–Kier alpha value is -6.32. The molecule has 0 saturated carbocycles. The van der Waals surface area contributed by atoms with Gasteiger partial charge < -0.3 is 9.41 Å². The van der Waals surface area contributed by atoms with E-state index in [0.717, 1.165) is 38.5 Å². The number of carbonyl (C=O) groups excluding carboxylic acids is 2. The van der Waals surface area contributed by atoms with E-state index in [-0.39, 0.29) is 11.8 Å². The summed E-state index contributed by atoms with van der Waals surface area (Å²) in [5.41, 5.74) is 7.10. The zero-order chi connectivity index (χ0) is 29.8. The molecule has 0 saturated heterocycles. The molecule has 7 aromatic rings. The van der Waals surface area contributed by atoms with Crippen LogP contribution in [0.5, 0.6) is 0 Å². The first-order valence-corrected chi connectivity index (χ1v) is 14.2. The Morgan fingerprint density at radius 2 is 1.27 bits per heavy atom. The molecule has 8 rings (SSSR count). The molecule has 6 heteroatoms. The van der Waals surface area contributed by atoms with Gasteiger partial charge in [-0.05, 0) is 60.2 Å². The highest BCUT2D eigenvalue weighted by molar-refractivity contribution is 6.36. The van der Waals surface area contributed by atoms with Crippen molar-refractivity contribution in [1.29, 1.82) is 0 Å². The highest BCUT2D eigenvalue weighted by Crippen LogP contribution is 2.40. The minimum absolute atomic E-state index is 0.339. The number of pyridine rings is 1. The van der Waals surface area contributed by atoms with Crippen molar-refractivity contribution in [3.05, 3.63) is 156 Å². The monoisotopic (exact) mass is 566 g/mol. The van der Waals surface area contributed by atoms with E-state index in [4.69, 9.17) is 6.57 Å². The molecule has 0 N–H and O–H groups in total. The van der Waals surface area contributed by atoms with Gasteiger partial charge in [0.1, 0.15) is 0 Å². The number of anilines is 1. The van der Waals surface area contributed by atoms with E-state index < -0.39 is 0 Å². The van der Waals surface area contributed by atoms with Gasteiger partial charge in [-0.3, -0.25) is 9.59 Å². The molecule has 3 heterocycles. The lowest BCUT2D eigenvalue weighted by Crippen LogP contribution is -2.30. The predicted octanol–water partition coefficient (Wildman–Crippen LogP) is 8.86. The average Bonchev–Trinajstić information content (AvgIpc) is 3.55. The fourth-order valence-electron chi connectivity index (χ4n) is 6.24. The van der Waals surface area contributed by atoms with Gasteiger partial charge in [0.2, 0.25) is 0 Å². The van der Waals surface area contributed by atoms with Crippen LogP contribution >= 0.6 is 0 Å². The second-order valence-electron chi connectivity index (χ2n) is 10.6. The van der Waals surface area contributed by atoms with Crippen molar-refractivity contribution < 1.29 is 9.59 Å². The highest BCUT2D eigenvalue weighted by atomic mass is 16.2. The molecule has 6 nitrogen and oxygen atoms in total. The van der Waals surface area contributed by atoms with Crippen LogP contribution in [0.1, 0.15) is 20.7 Å². The third kappa shape index (κ3) is 3.77. The number of imide groups is 1. The SMILES string of the molecule is [C-]#[N+]c1cccc(-c2ccc3c(c2)c2ccccc2n3-c2cccc3c2C(=O)N(c2ccccc2-c2ccccc2)C3=O)n1. The maximum Gasteiger partial charge on any atom is 0.270 e. The summed E-state index contributed by atoms with van der Waals surface area (Å²) in [4.78, 5) is 37.6. The second kappa shape index (κ2) is 9.90. The Kier molecular flexibility index (Phi) is 5.71. The lowest BCUT2D eigenvalue weighted by atomic mass is 10.0. The molecule has 0 unspecified atom stereocenters. The van der Waals surface area contributed by atoms with Gasteiger partial charge in [-0.1, -0.05) is 85.4 Å². The van der Waals surface area contributed by atoms with Crippen LogP contribution < -0.4 is 4.90 Å². The van der Waals surface area contributed by atoms with Gasteiger partial charge in [0.25, 0.3) is 17.6 Å². The van der Waals surface area contributed by atoms with Crippen molar-refractivity contribution in [2.24, 2.45) is 0 Å². The van der Waals surface area contributed by atoms with Crippen molar-refractivity contribution in [1.82, 2.24) is 9.55 Å². The number of rotatable bonds is 4. The standard InChI is InChI=1S/C38H22N4O2/c1-39-35-20-10-16-30(40-35)25-21-22-33-29(23-25)27-14-6-8-18-32(27)41(33)34-19-9-15-28-36(34)38(44)42(37(28)43)31-17-7-5-13-26(31)24-11-3-2-4-12-24/h2-23H. The summed E-state index contributed by atoms with van der Waals surface area (Å²) in [6.07, 6.45) is 0. The number of fused-ring (bicyclic) bond motifs is 4. The smallest absolute Gasteiger partial charge is 0.270 e. The van der Waals surface area contributed by atoms with Crippen molar-refractivity contribution in [2.75, 3.05) is 4.90 Å². The lowest BCUT2D eigenvalue weighted by Gasteiger charge is -2.18. The summed E-state index contributed by atoms with van der Waals surface area (Å²) in [5, 5.41) is 1.99. The molecule has 0 aliphatic carbocycles. The van der Waals surface area contributed by atoms with Gasteiger partial charge in [-0.2, -0.15) is 0 Å². The van der Waals surface area contributed by atoms with Gasteiger partial charge in [-0.25, -0.2) is 4.90 Å². The Balaban J connectivity index is 1.32. The van der Waals surface area contributed by atoms with E-state index >= 15 is 0 Å². The van der Waals surface area contributed by atoms with E-state index in [1.165, 1.54) is 4.90 Å². The molecule has 44 heavy (non-hydrogen) atoms. The minimum atomic E-state index is -0.355. The highest BCUT2D eigenvalue weighted by Gasteiger charge is 2.40. The Morgan fingerprint density at radius 3 is 2.14 bits per heavy atom. The summed E-state index contributed by atoms with van der Waals surface area (Å²) in [5.74, 6) is -0.359. The zero-order valence-corrected chi connectivity index (χ0v) is 23.3. The Bertz CT molecular complexity index is 2350. The van der Waals surface area contributed by atoms with E-state index in [2.05, 4.69) is 26.5 Å². The van der Waals surface area contributed by atoms with Crippen LogP contribution in [0.4, 0.5) is 11.5 Å². The number of carbonyl (C=O) groups is 2. The molecule has 206 valence electrons. The van der Waals surface area contributed by atoms with Gasteiger partial charge in [0.15, 0.2) is 5.69 Å². The van der Waals surface area contributed by atoms with E-state index in [1.54, 1.807) is 12.1 Å². The first kappa shape index (κ1) is 25.4. The van der Waals surface area contributed by atoms with Crippen molar-refractivity contribution in [3.8, 4) is 28.1 Å². The van der Waals surface area contributed by atoms with Crippen LogP contribution in [0.15, 0.2) is 133 Å². The number of amides is 2. The number of hydrogen-bond donors (Lipinski definition) is 0. The van der Waals surface area contributed by atoms with Crippen molar-refractivity contribution in [2.45, 2.75) is 0 Å². The normalized spacial score (nSPS) is 12.6. The summed E-state index contributed by atoms with van der Waals surface area (Å²) >= 11 is 0. The second-order valence-corrected chi connectivity index (χ2v) is 10.6. The minimum Gasteiger partial charge on any atom is -0.361 e. The maximum atomic E-state index is 14.3. The number of nitrogens with zero attached hydrogens (tertiary/aromatic N) is 4. The molecule has 0 bridgehead atoms. The maximum absolute atomic E-state index is 14.3. The van der Waals surface area contributed by atoms with Crippen molar-refractivity contribution >= 4 is 45.1 Å². The Morgan fingerprint density at radius 1 is 0.568 bits per heavy atom. The Labute approximate surface area is 252 Å². The molecular formula is C38H22N4O2. The topological polar surface area (TPSA) is 59.6 Å². The van der Waals surface area contributed by atoms with Crippen LogP contribution in [0.25, 0.3) is 54.7 Å². The van der Waals surface area contributed by atoms with Crippen LogP contribution in [0.3, 0.4) is 0 Å². The fraction of sp³-hybridized carbons (Fsp3) is 0. The number of aromatic nitrogens is 2. The molecule has 1 aliphatic heterocycles. The molecule has 2 amide bonds. The van der Waals surface area contributed by atoms with E-state index in [9.17, 15) is 9.59 Å². The number of benzene rings is 5. The quantitative estimate of drug-likeness (QED) is 0.158. The number of para-hydroxylation sites is 2. The van der Waals surface area contributed by atoms with Crippen molar-refractivity contribution in [3.63, 3.8) is 0 Å². The first-order chi connectivity index (χ1) is 21.6. The summed E-state index contributed by atoms with van der Waals surface area (Å²) in [7, 11) is 0. The van der Waals surface area contributed by atoms with Gasteiger partial charge in [0.05, 0.1) is 33.5 Å².